The molecule has 3 heterocycles. The number of nitrogens with two attached hydrogens (primary N) is 1. The first-order valence-electron chi connectivity index (χ1n) is 11.6. The number of carbonyl (C=O) groups excluding carboxylic acids is 2. The number of aryl methyl sites for hydroxylation is 1. The van der Waals surface area contributed by atoms with Crippen molar-refractivity contribution in [3.8, 4) is 17.0 Å². The number of likely N-dealkylation sites (N-methyl/N-ethyl adjacent to an activating group) is 1. The van der Waals surface area contributed by atoms with Gasteiger partial charge >= 0.3 is 6.36 Å². The van der Waals surface area contributed by atoms with E-state index < -0.39 is 18.0 Å². The first-order valence-corrected chi connectivity index (χ1v) is 13.6. The number of fused-ring (bicyclic) bond motifs is 3. The number of thioether (sulfide) groups is 1. The molecule has 9 nitrogen and oxygen atoms in total. The summed E-state index contributed by atoms with van der Waals surface area (Å²) in [5, 5.41) is 2.86. The lowest BCUT2D eigenvalue weighted by atomic mass is 9.91. The van der Waals surface area contributed by atoms with Crippen LogP contribution in [0.4, 0.5) is 30.5 Å². The molecule has 200 valence electrons. The zero-order valence-electron chi connectivity index (χ0n) is 20.4. The minimum atomic E-state index is -4.93. The highest BCUT2D eigenvalue weighted by atomic mass is 32.2. The third kappa shape index (κ3) is 5.15. The molecule has 0 atom stereocenters. The molecule has 1 aromatic carbocycles. The van der Waals surface area contributed by atoms with Crippen LogP contribution in [0.1, 0.15) is 20.8 Å². The standard InChI is InChI=1S/C24H23F3N6O3S2/c1-32-7-8-33(17(34)11-32)13-4-6-16(36-24(25,26)27)15(9-13)30-23-29-10-12-3-5-14-18(19(12)31-23)22(37-2)38-20(14)21(28)35/h4,6,9-10H,3,5,7-8,11H2,1-2H3,(H2,28,35)(H,29,30,31). The Hall–Kier alpha value is -3.36. The molecular weight excluding hydrogens is 541 g/mol. The molecule has 1 fully saturated rings. The Kier molecular flexibility index (Phi) is 6.96. The molecule has 2 aromatic heterocycles. The van der Waals surface area contributed by atoms with E-state index in [0.29, 0.717) is 42.2 Å². The van der Waals surface area contributed by atoms with Crippen LogP contribution in [0, 0.1) is 0 Å². The maximum atomic E-state index is 13.2. The van der Waals surface area contributed by atoms with Gasteiger partial charge in [0.05, 0.1) is 27.0 Å². The van der Waals surface area contributed by atoms with Crippen LogP contribution < -0.4 is 20.7 Å². The summed E-state index contributed by atoms with van der Waals surface area (Å²) in [6.07, 6.45) is -0.216. The van der Waals surface area contributed by atoms with Gasteiger partial charge in [0.25, 0.3) is 5.91 Å². The van der Waals surface area contributed by atoms with Crippen molar-refractivity contribution >= 4 is 52.2 Å². The Morgan fingerprint density at radius 1 is 1.26 bits per heavy atom. The van der Waals surface area contributed by atoms with Gasteiger partial charge in [-0.2, -0.15) is 0 Å². The normalized spacial score (nSPS) is 15.7. The Bertz CT molecular complexity index is 1430. The molecule has 38 heavy (non-hydrogen) atoms. The Morgan fingerprint density at radius 2 is 2.05 bits per heavy atom. The molecule has 2 aliphatic rings. The molecule has 0 bridgehead atoms. The van der Waals surface area contributed by atoms with Crippen LogP contribution in [-0.4, -0.2) is 66.0 Å². The number of halogens is 3. The molecule has 2 amide bonds. The van der Waals surface area contributed by atoms with E-state index in [1.807, 2.05) is 18.2 Å². The summed E-state index contributed by atoms with van der Waals surface area (Å²) in [5.74, 6) is -1.11. The maximum Gasteiger partial charge on any atom is 0.573 e. The Labute approximate surface area is 224 Å². The van der Waals surface area contributed by atoms with Crippen LogP contribution in [0.5, 0.6) is 5.75 Å². The van der Waals surface area contributed by atoms with Crippen LogP contribution in [0.2, 0.25) is 0 Å². The summed E-state index contributed by atoms with van der Waals surface area (Å²) in [6.45, 7) is 1.22. The predicted molar refractivity (Wildman–Crippen MR) is 139 cm³/mol. The second kappa shape index (κ2) is 10.1. The molecule has 1 aliphatic heterocycles. The van der Waals surface area contributed by atoms with Gasteiger partial charge in [0.1, 0.15) is 0 Å². The quantitative estimate of drug-likeness (QED) is 0.432. The van der Waals surface area contributed by atoms with Gasteiger partial charge in [-0.15, -0.1) is 36.3 Å². The molecular formula is C24H23F3N6O3S2. The highest BCUT2D eigenvalue weighted by Crippen LogP contribution is 2.46. The van der Waals surface area contributed by atoms with E-state index in [1.165, 1.54) is 40.1 Å². The largest absolute Gasteiger partial charge is 0.573 e. The molecule has 0 radical (unpaired) electrons. The lowest BCUT2D eigenvalue weighted by molar-refractivity contribution is -0.274. The van der Waals surface area contributed by atoms with Gasteiger partial charge in [-0.1, -0.05) is 0 Å². The van der Waals surface area contributed by atoms with Crippen LogP contribution >= 0.6 is 23.1 Å². The van der Waals surface area contributed by atoms with Gasteiger partial charge in [-0.25, -0.2) is 9.97 Å². The number of amides is 2. The summed E-state index contributed by atoms with van der Waals surface area (Å²) >= 11 is 2.77. The number of thiophene rings is 1. The topological polar surface area (TPSA) is 114 Å². The zero-order valence-corrected chi connectivity index (χ0v) is 22.0. The van der Waals surface area contributed by atoms with Gasteiger partial charge in [-0.3, -0.25) is 14.5 Å². The number of carbonyl (C=O) groups is 2. The van der Waals surface area contributed by atoms with E-state index in [-0.39, 0.29) is 24.1 Å². The second-order valence-electron chi connectivity index (χ2n) is 8.84. The van der Waals surface area contributed by atoms with E-state index in [2.05, 4.69) is 20.0 Å². The van der Waals surface area contributed by atoms with Crippen molar-refractivity contribution in [1.29, 1.82) is 0 Å². The Balaban J connectivity index is 1.54. The van der Waals surface area contributed by atoms with Crippen molar-refractivity contribution in [3.63, 3.8) is 0 Å². The fraction of sp³-hybridized carbons (Fsp3) is 0.333. The number of nitrogens with zero attached hydrogens (tertiary/aromatic N) is 4. The summed E-state index contributed by atoms with van der Waals surface area (Å²) in [5.41, 5.74) is 9.05. The van der Waals surface area contributed by atoms with Crippen LogP contribution in [0.25, 0.3) is 11.3 Å². The first-order chi connectivity index (χ1) is 18.0. The summed E-state index contributed by atoms with van der Waals surface area (Å²) < 4.78 is 44.6. The highest BCUT2D eigenvalue weighted by molar-refractivity contribution is 8.00. The van der Waals surface area contributed by atoms with Gasteiger partial charge < -0.3 is 20.7 Å². The first kappa shape index (κ1) is 26.3. The van der Waals surface area contributed by atoms with E-state index in [1.54, 1.807) is 6.20 Å². The van der Waals surface area contributed by atoms with Crippen molar-refractivity contribution in [2.24, 2.45) is 5.73 Å². The number of alkyl halides is 3. The lowest BCUT2D eigenvalue weighted by Gasteiger charge is -2.32. The van der Waals surface area contributed by atoms with Crippen molar-refractivity contribution in [2.75, 3.05) is 43.2 Å². The number of hydrogen-bond donors (Lipinski definition) is 2. The molecule has 5 rings (SSSR count). The molecule has 0 spiro atoms. The Morgan fingerprint density at radius 3 is 2.74 bits per heavy atom. The SMILES string of the molecule is CSc1sc(C(N)=O)c2c1-c1nc(Nc3cc(N4CCN(C)CC4=O)ccc3OC(F)(F)F)ncc1CC2. The number of rotatable bonds is 6. The smallest absolute Gasteiger partial charge is 0.404 e. The molecule has 1 aliphatic carbocycles. The molecule has 3 aromatic rings. The third-order valence-electron chi connectivity index (χ3n) is 6.29. The monoisotopic (exact) mass is 564 g/mol. The number of aromatic nitrogens is 2. The van der Waals surface area contributed by atoms with Crippen molar-refractivity contribution in [3.05, 3.63) is 40.4 Å². The number of benzene rings is 1. The number of primary amides is 1. The number of hydrogen-bond acceptors (Lipinski definition) is 9. The summed E-state index contributed by atoms with van der Waals surface area (Å²) in [7, 11) is 1.82. The van der Waals surface area contributed by atoms with Gasteiger partial charge in [0, 0.05) is 30.5 Å². The molecule has 0 unspecified atom stereocenters. The summed E-state index contributed by atoms with van der Waals surface area (Å²) in [4.78, 5) is 37.4. The van der Waals surface area contributed by atoms with Gasteiger partial charge in [0.2, 0.25) is 11.9 Å². The lowest BCUT2D eigenvalue weighted by Crippen LogP contribution is -2.48. The van der Waals surface area contributed by atoms with Crippen LogP contribution in [-0.2, 0) is 17.6 Å². The third-order valence-corrected chi connectivity index (χ3v) is 8.65. The van der Waals surface area contributed by atoms with Gasteiger partial charge in [0.15, 0.2) is 5.75 Å². The second-order valence-corrected chi connectivity index (χ2v) is 10.9. The fourth-order valence-corrected chi connectivity index (χ4v) is 6.51. The average molecular weight is 565 g/mol. The van der Waals surface area contributed by atoms with Crippen molar-refractivity contribution in [1.82, 2.24) is 14.9 Å². The molecule has 14 heteroatoms. The molecule has 3 N–H and O–H groups in total. The highest BCUT2D eigenvalue weighted by Gasteiger charge is 2.33. The number of nitrogens with one attached hydrogen (secondary N) is 1. The number of anilines is 3. The predicted octanol–water partition coefficient (Wildman–Crippen LogP) is 4.05. The average Bonchev–Trinajstić information content (AvgIpc) is 3.24. The fourth-order valence-electron chi connectivity index (χ4n) is 4.57. The van der Waals surface area contributed by atoms with Gasteiger partial charge in [-0.05, 0) is 55.5 Å². The van der Waals surface area contributed by atoms with Crippen LogP contribution in [0.3, 0.4) is 0 Å². The molecule has 1 saturated heterocycles. The van der Waals surface area contributed by atoms with Crippen molar-refractivity contribution < 1.29 is 27.5 Å². The minimum Gasteiger partial charge on any atom is -0.404 e. The summed E-state index contributed by atoms with van der Waals surface area (Å²) in [6, 6.07) is 4.00. The number of ether oxygens (including phenoxy) is 1. The van der Waals surface area contributed by atoms with E-state index in [4.69, 9.17) is 5.73 Å². The number of piperazine rings is 1. The minimum absolute atomic E-state index is 0.0456. The van der Waals surface area contributed by atoms with E-state index in [9.17, 15) is 22.8 Å². The van der Waals surface area contributed by atoms with Crippen molar-refractivity contribution in [2.45, 2.75) is 23.4 Å². The van der Waals surface area contributed by atoms with E-state index in [0.717, 1.165) is 27.0 Å². The molecule has 0 saturated carbocycles. The van der Waals surface area contributed by atoms with E-state index >= 15 is 0 Å². The zero-order chi connectivity index (χ0) is 27.2. The maximum absolute atomic E-state index is 13.2. The van der Waals surface area contributed by atoms with Crippen LogP contribution in [0.15, 0.2) is 28.6 Å².